The highest BCUT2D eigenvalue weighted by molar-refractivity contribution is 5.29. The predicted molar refractivity (Wildman–Crippen MR) is 69.9 cm³/mol. The SMILES string of the molecule is CC(C)CNC(O)c1nn(-c2ccccc2)c(=O)o1. The molecule has 0 aliphatic heterocycles. The largest absolute Gasteiger partial charge is 0.442 e. The van der Waals surface area contributed by atoms with Gasteiger partial charge in [0.25, 0.3) is 5.89 Å². The zero-order valence-electron chi connectivity index (χ0n) is 10.9. The molecule has 6 nitrogen and oxygen atoms in total. The number of nitrogens with one attached hydrogen (secondary N) is 1. The molecule has 1 unspecified atom stereocenters. The molecule has 0 spiro atoms. The third kappa shape index (κ3) is 3.30. The molecule has 6 heteroatoms. The van der Waals surface area contributed by atoms with Crippen molar-refractivity contribution in [1.29, 1.82) is 0 Å². The molecule has 1 aromatic carbocycles. The maximum atomic E-state index is 11.7. The molecule has 2 aromatic rings. The maximum absolute atomic E-state index is 11.7. The lowest BCUT2D eigenvalue weighted by molar-refractivity contribution is 0.103. The second kappa shape index (κ2) is 5.81. The van der Waals surface area contributed by atoms with Gasteiger partial charge in [0.15, 0.2) is 6.23 Å². The molecule has 0 amide bonds. The molecular formula is C13H17N3O3. The van der Waals surface area contributed by atoms with Gasteiger partial charge < -0.3 is 9.52 Å². The molecule has 0 saturated carbocycles. The summed E-state index contributed by atoms with van der Waals surface area (Å²) in [5, 5.41) is 16.7. The molecule has 102 valence electrons. The molecule has 1 heterocycles. The third-order valence-electron chi connectivity index (χ3n) is 2.52. The summed E-state index contributed by atoms with van der Waals surface area (Å²) in [6.07, 6.45) is -1.08. The van der Waals surface area contributed by atoms with Crippen LogP contribution in [0.4, 0.5) is 0 Å². The van der Waals surface area contributed by atoms with Crippen molar-refractivity contribution < 1.29 is 9.52 Å². The lowest BCUT2D eigenvalue weighted by Gasteiger charge is -2.10. The number of hydrogen-bond donors (Lipinski definition) is 2. The average Bonchev–Trinajstić information content (AvgIpc) is 2.79. The van der Waals surface area contributed by atoms with E-state index in [9.17, 15) is 9.90 Å². The van der Waals surface area contributed by atoms with Gasteiger partial charge in [0, 0.05) is 6.54 Å². The standard InChI is InChI=1S/C13H17N3O3/c1-9(2)8-14-11(17)12-15-16(13(18)19-12)10-6-4-3-5-7-10/h3-7,9,11,14,17H,8H2,1-2H3. The number of aliphatic hydroxyl groups is 1. The molecule has 0 aliphatic rings. The van der Waals surface area contributed by atoms with E-state index in [4.69, 9.17) is 4.42 Å². The molecular weight excluding hydrogens is 246 g/mol. The first-order valence-corrected chi connectivity index (χ1v) is 6.15. The van der Waals surface area contributed by atoms with Crippen LogP contribution in [0.2, 0.25) is 0 Å². The van der Waals surface area contributed by atoms with Gasteiger partial charge in [-0.05, 0) is 18.1 Å². The Hall–Kier alpha value is -1.92. The van der Waals surface area contributed by atoms with Gasteiger partial charge in [-0.2, -0.15) is 4.68 Å². The third-order valence-corrected chi connectivity index (χ3v) is 2.52. The Labute approximate surface area is 110 Å². The highest BCUT2D eigenvalue weighted by Crippen LogP contribution is 2.08. The van der Waals surface area contributed by atoms with E-state index in [1.807, 2.05) is 19.9 Å². The van der Waals surface area contributed by atoms with Crippen molar-refractivity contribution in [3.05, 3.63) is 46.8 Å². The van der Waals surface area contributed by atoms with Crippen LogP contribution in [-0.2, 0) is 0 Å². The first-order chi connectivity index (χ1) is 9.08. The topological polar surface area (TPSA) is 80.3 Å². The van der Waals surface area contributed by atoms with Crippen LogP contribution in [-0.4, -0.2) is 21.4 Å². The zero-order valence-corrected chi connectivity index (χ0v) is 10.9. The summed E-state index contributed by atoms with van der Waals surface area (Å²) in [5.41, 5.74) is 0.596. The summed E-state index contributed by atoms with van der Waals surface area (Å²) in [6, 6.07) is 8.91. The Morgan fingerprint density at radius 3 is 2.68 bits per heavy atom. The van der Waals surface area contributed by atoms with Gasteiger partial charge in [-0.1, -0.05) is 32.0 Å². The second-order valence-corrected chi connectivity index (χ2v) is 4.66. The molecule has 0 saturated heterocycles. The smallest absolute Gasteiger partial charge is 0.388 e. The lowest BCUT2D eigenvalue weighted by atomic mass is 10.2. The van der Waals surface area contributed by atoms with Crippen molar-refractivity contribution in [2.24, 2.45) is 5.92 Å². The maximum Gasteiger partial charge on any atom is 0.442 e. The van der Waals surface area contributed by atoms with E-state index in [0.717, 1.165) is 4.68 Å². The summed E-state index contributed by atoms with van der Waals surface area (Å²) < 4.78 is 6.07. The van der Waals surface area contributed by atoms with Gasteiger partial charge in [0.2, 0.25) is 0 Å². The van der Waals surface area contributed by atoms with Crippen molar-refractivity contribution in [2.75, 3.05) is 6.54 Å². The summed E-state index contributed by atoms with van der Waals surface area (Å²) >= 11 is 0. The minimum absolute atomic E-state index is 0.0329. The van der Waals surface area contributed by atoms with Gasteiger partial charge >= 0.3 is 5.76 Å². The minimum atomic E-state index is -1.08. The van der Waals surface area contributed by atoms with E-state index in [2.05, 4.69) is 10.4 Å². The van der Waals surface area contributed by atoms with E-state index in [-0.39, 0.29) is 5.89 Å². The van der Waals surface area contributed by atoms with Crippen molar-refractivity contribution >= 4 is 0 Å². The first kappa shape index (κ1) is 13.5. The molecule has 2 rings (SSSR count). The molecule has 0 fully saturated rings. The number of para-hydroxylation sites is 1. The normalized spacial score (nSPS) is 12.8. The van der Waals surface area contributed by atoms with Crippen molar-refractivity contribution in [1.82, 2.24) is 15.1 Å². The molecule has 0 aliphatic carbocycles. The van der Waals surface area contributed by atoms with E-state index in [0.29, 0.717) is 18.2 Å². The van der Waals surface area contributed by atoms with Crippen LogP contribution in [0.3, 0.4) is 0 Å². The van der Waals surface area contributed by atoms with E-state index in [1.165, 1.54) is 0 Å². The Bertz CT molecular complexity index is 574. The highest BCUT2D eigenvalue weighted by atomic mass is 16.4. The molecule has 1 atom stereocenters. The van der Waals surface area contributed by atoms with Crippen molar-refractivity contribution in [2.45, 2.75) is 20.1 Å². The summed E-state index contributed by atoms with van der Waals surface area (Å²) in [5.74, 6) is -0.279. The molecule has 0 bridgehead atoms. The summed E-state index contributed by atoms with van der Waals surface area (Å²) in [7, 11) is 0. The van der Waals surface area contributed by atoms with Crippen molar-refractivity contribution in [3.8, 4) is 5.69 Å². The van der Waals surface area contributed by atoms with Crippen molar-refractivity contribution in [3.63, 3.8) is 0 Å². The average molecular weight is 263 g/mol. The quantitative estimate of drug-likeness (QED) is 0.788. The number of hydrogen-bond acceptors (Lipinski definition) is 5. The van der Waals surface area contributed by atoms with Gasteiger partial charge in [-0.15, -0.1) is 5.10 Å². The van der Waals surface area contributed by atoms with Crippen LogP contribution in [0, 0.1) is 5.92 Å². The van der Waals surface area contributed by atoms with Gasteiger partial charge in [-0.25, -0.2) is 4.79 Å². The zero-order chi connectivity index (χ0) is 13.8. The fourth-order valence-corrected chi connectivity index (χ4v) is 1.57. The van der Waals surface area contributed by atoms with Crippen LogP contribution < -0.4 is 11.1 Å². The Kier molecular flexibility index (Phi) is 4.13. The number of nitrogens with zero attached hydrogens (tertiary/aromatic N) is 2. The summed E-state index contributed by atoms with van der Waals surface area (Å²) in [6.45, 7) is 4.62. The van der Waals surface area contributed by atoms with Crippen LogP contribution in [0.25, 0.3) is 5.69 Å². The molecule has 1 aromatic heterocycles. The van der Waals surface area contributed by atoms with Crippen LogP contribution >= 0.6 is 0 Å². The number of benzene rings is 1. The molecule has 0 radical (unpaired) electrons. The number of aliphatic hydroxyl groups excluding tert-OH is 1. The van der Waals surface area contributed by atoms with Crippen LogP contribution in [0.5, 0.6) is 0 Å². The monoisotopic (exact) mass is 263 g/mol. The fourth-order valence-electron chi connectivity index (χ4n) is 1.57. The van der Waals surface area contributed by atoms with Gasteiger partial charge in [0.05, 0.1) is 5.69 Å². The van der Waals surface area contributed by atoms with E-state index < -0.39 is 12.0 Å². The van der Waals surface area contributed by atoms with E-state index in [1.54, 1.807) is 24.3 Å². The van der Waals surface area contributed by atoms with Gasteiger partial charge in [-0.3, -0.25) is 5.32 Å². The number of rotatable bonds is 5. The molecule has 19 heavy (non-hydrogen) atoms. The number of aromatic nitrogens is 2. The minimum Gasteiger partial charge on any atom is -0.388 e. The lowest BCUT2D eigenvalue weighted by Crippen LogP contribution is -2.25. The van der Waals surface area contributed by atoms with Crippen LogP contribution in [0.15, 0.2) is 39.5 Å². The van der Waals surface area contributed by atoms with Gasteiger partial charge in [0.1, 0.15) is 0 Å². The Morgan fingerprint density at radius 2 is 2.05 bits per heavy atom. The fraction of sp³-hybridized carbons (Fsp3) is 0.385. The Balaban J connectivity index is 2.20. The Morgan fingerprint density at radius 1 is 1.37 bits per heavy atom. The predicted octanol–water partition coefficient (Wildman–Crippen LogP) is 1.06. The first-order valence-electron chi connectivity index (χ1n) is 6.15. The van der Waals surface area contributed by atoms with Crippen LogP contribution in [0.1, 0.15) is 26.0 Å². The summed E-state index contributed by atoms with van der Waals surface area (Å²) in [4.78, 5) is 11.7. The molecule has 2 N–H and O–H groups in total. The second-order valence-electron chi connectivity index (χ2n) is 4.66. The highest BCUT2D eigenvalue weighted by Gasteiger charge is 2.17. The van der Waals surface area contributed by atoms with E-state index >= 15 is 0 Å².